The van der Waals surface area contributed by atoms with Gasteiger partial charge in [0.2, 0.25) is 0 Å². The molecular weight excluding hydrogens is 256 g/mol. The summed E-state index contributed by atoms with van der Waals surface area (Å²) in [4.78, 5) is 2.42. The Hall–Kier alpha value is -1.30. The van der Waals surface area contributed by atoms with E-state index in [-0.39, 0.29) is 0 Å². The molecule has 1 aromatic rings. The molecule has 0 atom stereocenters. The average molecular weight is 280 g/mol. The van der Waals surface area contributed by atoms with Crippen molar-refractivity contribution in [1.82, 2.24) is 10.2 Å². The van der Waals surface area contributed by atoms with Gasteiger partial charge in [0, 0.05) is 44.4 Å². The summed E-state index contributed by atoms with van der Waals surface area (Å²) in [6.07, 6.45) is 0. The number of nitrogens with one attached hydrogen (secondary N) is 1. The van der Waals surface area contributed by atoms with E-state index in [0.29, 0.717) is 6.61 Å². The highest BCUT2D eigenvalue weighted by Gasteiger charge is 2.09. The number of piperazine rings is 1. The Morgan fingerprint density at radius 2 is 1.95 bits per heavy atom. The fraction of sp³-hybridized carbons (Fsp3) is 0.600. The summed E-state index contributed by atoms with van der Waals surface area (Å²) >= 11 is 0. The Labute approximate surface area is 120 Å². The van der Waals surface area contributed by atoms with Crippen LogP contribution in [0.25, 0.3) is 0 Å². The van der Waals surface area contributed by atoms with Crippen molar-refractivity contribution in [2.75, 3.05) is 53.6 Å². The van der Waals surface area contributed by atoms with Crippen LogP contribution in [0, 0.1) is 0 Å². The van der Waals surface area contributed by atoms with E-state index >= 15 is 0 Å². The molecule has 1 fully saturated rings. The Bertz CT molecular complexity index is 406. The molecule has 0 unspecified atom stereocenters. The van der Waals surface area contributed by atoms with Gasteiger partial charge in [0.25, 0.3) is 0 Å². The third-order valence-electron chi connectivity index (χ3n) is 3.51. The maximum absolute atomic E-state index is 5.76. The molecule has 2 rings (SSSR count). The molecule has 0 bridgehead atoms. The summed E-state index contributed by atoms with van der Waals surface area (Å²) in [6.45, 7) is 6.66. The third kappa shape index (κ3) is 4.37. The van der Waals surface area contributed by atoms with Crippen LogP contribution in [0.4, 0.5) is 0 Å². The van der Waals surface area contributed by atoms with Crippen molar-refractivity contribution >= 4 is 0 Å². The maximum atomic E-state index is 5.76. The van der Waals surface area contributed by atoms with Crippen molar-refractivity contribution in [2.45, 2.75) is 6.61 Å². The molecule has 0 aliphatic carbocycles. The minimum Gasteiger partial charge on any atom is -0.497 e. The van der Waals surface area contributed by atoms with Crippen molar-refractivity contribution in [3.8, 4) is 11.5 Å². The molecule has 1 aliphatic heterocycles. The second kappa shape index (κ2) is 8.09. The topological polar surface area (TPSA) is 43.0 Å². The normalized spacial score (nSPS) is 16.1. The SMILES string of the molecule is COc1ccc(COCCN2CCNCC2)c(OC)c1. The molecule has 5 heteroatoms. The second-order valence-electron chi connectivity index (χ2n) is 4.82. The minimum absolute atomic E-state index is 0.569. The largest absolute Gasteiger partial charge is 0.497 e. The number of hydrogen-bond donors (Lipinski definition) is 1. The Balaban J connectivity index is 1.75. The lowest BCUT2D eigenvalue weighted by atomic mass is 10.2. The summed E-state index contributed by atoms with van der Waals surface area (Å²) in [7, 11) is 3.32. The molecule has 1 heterocycles. The minimum atomic E-state index is 0.569. The highest BCUT2D eigenvalue weighted by molar-refractivity contribution is 5.40. The van der Waals surface area contributed by atoms with Crippen molar-refractivity contribution in [3.63, 3.8) is 0 Å². The van der Waals surface area contributed by atoms with Crippen molar-refractivity contribution in [2.24, 2.45) is 0 Å². The van der Waals surface area contributed by atoms with E-state index in [1.807, 2.05) is 18.2 Å². The Morgan fingerprint density at radius 3 is 2.65 bits per heavy atom. The first-order valence-electron chi connectivity index (χ1n) is 7.05. The number of benzene rings is 1. The summed E-state index contributed by atoms with van der Waals surface area (Å²) in [5.41, 5.74) is 1.05. The number of nitrogens with zero attached hydrogens (tertiary/aromatic N) is 1. The quantitative estimate of drug-likeness (QED) is 0.758. The first-order chi connectivity index (χ1) is 9.83. The molecule has 0 aromatic heterocycles. The number of hydrogen-bond acceptors (Lipinski definition) is 5. The van der Waals surface area contributed by atoms with Gasteiger partial charge in [-0.3, -0.25) is 4.90 Å². The molecule has 0 saturated carbocycles. The molecule has 1 N–H and O–H groups in total. The highest BCUT2D eigenvalue weighted by atomic mass is 16.5. The van der Waals surface area contributed by atoms with Crippen LogP contribution >= 0.6 is 0 Å². The summed E-state index contributed by atoms with van der Waals surface area (Å²) in [6, 6.07) is 5.80. The van der Waals surface area contributed by atoms with Gasteiger partial charge >= 0.3 is 0 Å². The molecule has 1 aromatic carbocycles. The monoisotopic (exact) mass is 280 g/mol. The van der Waals surface area contributed by atoms with Crippen LogP contribution in [0.15, 0.2) is 18.2 Å². The van der Waals surface area contributed by atoms with Crippen LogP contribution in [-0.4, -0.2) is 58.5 Å². The van der Waals surface area contributed by atoms with Gasteiger partial charge in [0.15, 0.2) is 0 Å². The molecule has 1 aliphatic rings. The Kier molecular flexibility index (Phi) is 6.11. The first kappa shape index (κ1) is 15.1. The predicted octanol–water partition coefficient (Wildman–Crippen LogP) is 1.13. The lowest BCUT2D eigenvalue weighted by molar-refractivity contribution is 0.0874. The predicted molar refractivity (Wildman–Crippen MR) is 78.5 cm³/mol. The van der Waals surface area contributed by atoms with Crippen molar-refractivity contribution < 1.29 is 14.2 Å². The second-order valence-corrected chi connectivity index (χ2v) is 4.82. The van der Waals surface area contributed by atoms with E-state index in [4.69, 9.17) is 14.2 Å². The van der Waals surface area contributed by atoms with Crippen LogP contribution in [0.3, 0.4) is 0 Å². The number of methoxy groups -OCH3 is 2. The third-order valence-corrected chi connectivity index (χ3v) is 3.51. The zero-order chi connectivity index (χ0) is 14.2. The van der Waals surface area contributed by atoms with Gasteiger partial charge in [0.05, 0.1) is 27.4 Å². The molecule has 0 spiro atoms. The van der Waals surface area contributed by atoms with Gasteiger partial charge in [0.1, 0.15) is 11.5 Å². The van der Waals surface area contributed by atoms with Gasteiger partial charge in [-0.05, 0) is 12.1 Å². The molecule has 20 heavy (non-hydrogen) atoms. The van der Waals surface area contributed by atoms with E-state index in [9.17, 15) is 0 Å². The van der Waals surface area contributed by atoms with Gasteiger partial charge < -0.3 is 19.5 Å². The van der Waals surface area contributed by atoms with Gasteiger partial charge in [-0.25, -0.2) is 0 Å². The fourth-order valence-electron chi connectivity index (χ4n) is 2.28. The van der Waals surface area contributed by atoms with Crippen LogP contribution in [0.1, 0.15) is 5.56 Å². The summed E-state index contributed by atoms with van der Waals surface area (Å²) in [5.74, 6) is 1.61. The van der Waals surface area contributed by atoms with Crippen molar-refractivity contribution in [1.29, 1.82) is 0 Å². The van der Waals surface area contributed by atoms with Crippen LogP contribution < -0.4 is 14.8 Å². The van der Waals surface area contributed by atoms with Gasteiger partial charge in [-0.1, -0.05) is 0 Å². The fourth-order valence-corrected chi connectivity index (χ4v) is 2.28. The average Bonchev–Trinajstić information content (AvgIpc) is 2.52. The first-order valence-corrected chi connectivity index (χ1v) is 7.05. The van der Waals surface area contributed by atoms with E-state index in [2.05, 4.69) is 10.2 Å². The van der Waals surface area contributed by atoms with E-state index in [1.165, 1.54) is 0 Å². The molecule has 1 saturated heterocycles. The molecule has 5 nitrogen and oxygen atoms in total. The van der Waals surface area contributed by atoms with E-state index in [0.717, 1.165) is 56.4 Å². The highest BCUT2D eigenvalue weighted by Crippen LogP contribution is 2.25. The van der Waals surface area contributed by atoms with Crippen molar-refractivity contribution in [3.05, 3.63) is 23.8 Å². The number of ether oxygens (including phenoxy) is 3. The summed E-state index contributed by atoms with van der Waals surface area (Å²) in [5, 5.41) is 3.35. The zero-order valence-electron chi connectivity index (χ0n) is 12.4. The van der Waals surface area contributed by atoms with Crippen LogP contribution in [0.5, 0.6) is 11.5 Å². The van der Waals surface area contributed by atoms with E-state index in [1.54, 1.807) is 14.2 Å². The molecular formula is C15H24N2O3. The Morgan fingerprint density at radius 1 is 1.15 bits per heavy atom. The molecule has 0 amide bonds. The lowest BCUT2D eigenvalue weighted by Crippen LogP contribution is -2.44. The maximum Gasteiger partial charge on any atom is 0.128 e. The van der Waals surface area contributed by atoms with Gasteiger partial charge in [-0.15, -0.1) is 0 Å². The zero-order valence-corrected chi connectivity index (χ0v) is 12.4. The van der Waals surface area contributed by atoms with Gasteiger partial charge in [-0.2, -0.15) is 0 Å². The number of rotatable bonds is 7. The van der Waals surface area contributed by atoms with Crippen LogP contribution in [0.2, 0.25) is 0 Å². The molecule has 112 valence electrons. The van der Waals surface area contributed by atoms with E-state index < -0.39 is 0 Å². The molecule has 0 radical (unpaired) electrons. The smallest absolute Gasteiger partial charge is 0.128 e. The van der Waals surface area contributed by atoms with Crippen LogP contribution in [-0.2, 0) is 11.3 Å². The summed E-state index contributed by atoms with van der Waals surface area (Å²) < 4.78 is 16.3. The lowest BCUT2D eigenvalue weighted by Gasteiger charge is -2.26. The standard InChI is InChI=1S/C15H24N2O3/c1-18-14-4-3-13(15(11-14)19-2)12-20-10-9-17-7-5-16-6-8-17/h3-4,11,16H,5-10,12H2,1-2H3.